The lowest BCUT2D eigenvalue weighted by Gasteiger charge is -2.14. The quantitative estimate of drug-likeness (QED) is 0.714. The van der Waals surface area contributed by atoms with Gasteiger partial charge in [0.25, 0.3) is 0 Å². The molecular formula is C22H26N2O5. The van der Waals surface area contributed by atoms with Crippen LogP contribution in [0.15, 0.2) is 36.4 Å². The lowest BCUT2D eigenvalue weighted by molar-refractivity contribution is -0.125. The van der Waals surface area contributed by atoms with Crippen LogP contribution in [0, 0.1) is 18.8 Å². The highest BCUT2D eigenvalue weighted by atomic mass is 16.5. The van der Waals surface area contributed by atoms with Crippen molar-refractivity contribution >= 4 is 17.5 Å². The Morgan fingerprint density at radius 1 is 0.966 bits per heavy atom. The molecule has 7 nitrogen and oxygen atoms in total. The Hall–Kier alpha value is -3.22. The normalized spacial score (nSPS) is 17.2. The molecule has 1 aliphatic carbocycles. The van der Waals surface area contributed by atoms with E-state index < -0.39 is 0 Å². The Bertz CT molecular complexity index is 887. The van der Waals surface area contributed by atoms with Gasteiger partial charge in [-0.05, 0) is 18.9 Å². The van der Waals surface area contributed by atoms with Crippen LogP contribution in [-0.4, -0.2) is 33.1 Å². The number of hydrogen-bond acceptors (Lipinski definition) is 5. The van der Waals surface area contributed by atoms with Gasteiger partial charge in [-0.25, -0.2) is 0 Å². The summed E-state index contributed by atoms with van der Waals surface area (Å²) in [6.45, 7) is 2.47. The van der Waals surface area contributed by atoms with E-state index >= 15 is 0 Å². The van der Waals surface area contributed by atoms with Crippen molar-refractivity contribution in [1.82, 2.24) is 5.32 Å². The highest BCUT2D eigenvalue weighted by Crippen LogP contribution is 2.42. The summed E-state index contributed by atoms with van der Waals surface area (Å²) in [5, 5.41) is 5.75. The third-order valence-corrected chi connectivity index (χ3v) is 4.95. The molecule has 29 heavy (non-hydrogen) atoms. The molecule has 2 aromatic rings. The van der Waals surface area contributed by atoms with Gasteiger partial charge in [-0.1, -0.05) is 29.8 Å². The second-order valence-electron chi connectivity index (χ2n) is 7.06. The molecule has 2 amide bonds. The molecule has 0 radical (unpaired) electrons. The van der Waals surface area contributed by atoms with Crippen molar-refractivity contribution in [3.8, 4) is 17.2 Å². The SMILES string of the molecule is COc1cc(NC(=O)C2CC2C(=O)NCc2cccc(C)c2)cc(OC)c1OC. The van der Waals surface area contributed by atoms with E-state index in [1.165, 1.54) is 21.3 Å². The molecule has 2 unspecified atom stereocenters. The maximum atomic E-state index is 12.6. The van der Waals surface area contributed by atoms with Crippen molar-refractivity contribution in [1.29, 1.82) is 0 Å². The van der Waals surface area contributed by atoms with Gasteiger partial charge in [0.2, 0.25) is 17.6 Å². The highest BCUT2D eigenvalue weighted by molar-refractivity contribution is 5.99. The Balaban J connectivity index is 1.58. The first-order valence-electron chi connectivity index (χ1n) is 9.41. The summed E-state index contributed by atoms with van der Waals surface area (Å²) in [7, 11) is 4.54. The van der Waals surface area contributed by atoms with E-state index in [0.29, 0.717) is 35.9 Å². The smallest absolute Gasteiger partial charge is 0.228 e. The number of carbonyl (C=O) groups is 2. The zero-order valence-corrected chi connectivity index (χ0v) is 17.1. The van der Waals surface area contributed by atoms with Crippen molar-refractivity contribution in [2.24, 2.45) is 11.8 Å². The largest absolute Gasteiger partial charge is 0.493 e. The molecule has 1 fully saturated rings. The van der Waals surface area contributed by atoms with Crippen LogP contribution in [0.4, 0.5) is 5.69 Å². The molecule has 2 aromatic carbocycles. The van der Waals surface area contributed by atoms with Gasteiger partial charge in [-0.2, -0.15) is 0 Å². The zero-order chi connectivity index (χ0) is 21.0. The van der Waals surface area contributed by atoms with Gasteiger partial charge in [0.05, 0.1) is 33.2 Å². The van der Waals surface area contributed by atoms with Crippen LogP contribution in [0.25, 0.3) is 0 Å². The number of nitrogens with one attached hydrogen (secondary N) is 2. The fourth-order valence-corrected chi connectivity index (χ4v) is 3.31. The second kappa shape index (κ2) is 8.86. The first-order valence-corrected chi connectivity index (χ1v) is 9.41. The predicted octanol–water partition coefficient (Wildman–Crippen LogP) is 2.91. The Kier molecular flexibility index (Phi) is 6.26. The van der Waals surface area contributed by atoms with E-state index in [-0.39, 0.29) is 23.7 Å². The van der Waals surface area contributed by atoms with Gasteiger partial charge < -0.3 is 24.8 Å². The average Bonchev–Trinajstić information content (AvgIpc) is 3.52. The summed E-state index contributed by atoms with van der Waals surface area (Å²) in [6.07, 6.45) is 0.538. The van der Waals surface area contributed by atoms with Gasteiger partial charge in [0, 0.05) is 24.4 Å². The standard InChI is InChI=1S/C22H26N2O5/c1-13-6-5-7-14(8-13)12-23-21(25)16-11-17(16)22(26)24-15-9-18(27-2)20(29-4)19(10-15)28-3/h5-10,16-17H,11-12H2,1-4H3,(H,23,25)(H,24,26). The van der Waals surface area contributed by atoms with Gasteiger partial charge in [0.15, 0.2) is 11.5 Å². The molecule has 3 rings (SSSR count). The summed E-state index contributed by atoms with van der Waals surface area (Å²) in [5.41, 5.74) is 2.71. The van der Waals surface area contributed by atoms with Gasteiger partial charge in [0.1, 0.15) is 0 Å². The zero-order valence-electron chi connectivity index (χ0n) is 17.1. The van der Waals surface area contributed by atoms with Gasteiger partial charge in [-0.15, -0.1) is 0 Å². The number of ether oxygens (including phenoxy) is 3. The third kappa shape index (κ3) is 4.80. The Morgan fingerprint density at radius 3 is 2.21 bits per heavy atom. The van der Waals surface area contributed by atoms with E-state index in [0.717, 1.165) is 11.1 Å². The molecule has 0 aliphatic heterocycles. The Morgan fingerprint density at radius 2 is 1.62 bits per heavy atom. The van der Waals surface area contributed by atoms with E-state index in [4.69, 9.17) is 14.2 Å². The van der Waals surface area contributed by atoms with Crippen LogP contribution >= 0.6 is 0 Å². The van der Waals surface area contributed by atoms with Crippen molar-refractivity contribution < 1.29 is 23.8 Å². The number of rotatable bonds is 8. The summed E-state index contributed by atoms with van der Waals surface area (Å²) in [6, 6.07) is 11.3. The monoisotopic (exact) mass is 398 g/mol. The van der Waals surface area contributed by atoms with Crippen LogP contribution in [0.3, 0.4) is 0 Å². The van der Waals surface area contributed by atoms with Gasteiger partial charge >= 0.3 is 0 Å². The molecule has 0 saturated heterocycles. The van der Waals surface area contributed by atoms with Crippen LogP contribution in [0.2, 0.25) is 0 Å². The van der Waals surface area contributed by atoms with Crippen LogP contribution in [0.1, 0.15) is 17.5 Å². The average molecular weight is 398 g/mol. The van der Waals surface area contributed by atoms with Crippen molar-refractivity contribution in [2.45, 2.75) is 19.9 Å². The van der Waals surface area contributed by atoms with E-state index in [9.17, 15) is 9.59 Å². The number of methoxy groups -OCH3 is 3. The number of anilines is 1. The fourth-order valence-electron chi connectivity index (χ4n) is 3.31. The van der Waals surface area contributed by atoms with Crippen molar-refractivity contribution in [3.05, 3.63) is 47.5 Å². The Labute approximate surface area is 170 Å². The number of carbonyl (C=O) groups excluding carboxylic acids is 2. The minimum absolute atomic E-state index is 0.100. The third-order valence-electron chi connectivity index (χ3n) is 4.95. The molecule has 2 atom stereocenters. The van der Waals surface area contributed by atoms with Crippen LogP contribution in [0.5, 0.6) is 17.2 Å². The van der Waals surface area contributed by atoms with Crippen molar-refractivity contribution in [3.63, 3.8) is 0 Å². The van der Waals surface area contributed by atoms with Gasteiger partial charge in [-0.3, -0.25) is 9.59 Å². The van der Waals surface area contributed by atoms with E-state index in [1.807, 2.05) is 31.2 Å². The van der Waals surface area contributed by atoms with E-state index in [2.05, 4.69) is 10.6 Å². The maximum absolute atomic E-state index is 12.6. The molecule has 0 bridgehead atoms. The molecular weight excluding hydrogens is 372 g/mol. The molecule has 1 saturated carbocycles. The molecule has 7 heteroatoms. The van der Waals surface area contributed by atoms with Crippen molar-refractivity contribution in [2.75, 3.05) is 26.6 Å². The molecule has 154 valence electrons. The number of aryl methyl sites for hydroxylation is 1. The summed E-state index contributed by atoms with van der Waals surface area (Å²) in [4.78, 5) is 24.9. The summed E-state index contributed by atoms with van der Waals surface area (Å²) in [5.74, 6) is 0.406. The number of amides is 2. The minimum Gasteiger partial charge on any atom is -0.493 e. The molecule has 0 aromatic heterocycles. The lowest BCUT2D eigenvalue weighted by Crippen LogP contribution is -2.27. The minimum atomic E-state index is -0.341. The number of hydrogen-bond donors (Lipinski definition) is 2. The maximum Gasteiger partial charge on any atom is 0.228 e. The summed E-state index contributed by atoms with van der Waals surface area (Å²) >= 11 is 0. The topological polar surface area (TPSA) is 85.9 Å². The number of benzene rings is 2. The lowest BCUT2D eigenvalue weighted by atomic mass is 10.1. The first kappa shape index (κ1) is 20.5. The fraction of sp³-hybridized carbons (Fsp3) is 0.364. The molecule has 1 aliphatic rings. The molecule has 0 heterocycles. The second-order valence-corrected chi connectivity index (χ2v) is 7.06. The molecule has 0 spiro atoms. The van der Waals surface area contributed by atoms with Crippen LogP contribution < -0.4 is 24.8 Å². The summed E-state index contributed by atoms with van der Waals surface area (Å²) < 4.78 is 15.9. The molecule has 2 N–H and O–H groups in total. The predicted molar refractivity (Wildman–Crippen MR) is 109 cm³/mol. The van der Waals surface area contributed by atoms with E-state index in [1.54, 1.807) is 12.1 Å². The highest BCUT2D eigenvalue weighted by Gasteiger charge is 2.48. The van der Waals surface area contributed by atoms with Crippen LogP contribution in [-0.2, 0) is 16.1 Å². The first-order chi connectivity index (χ1) is 14.0.